The molecule has 2 aromatic heterocycles. The Kier molecular flexibility index (Phi) is 3.35. The second-order valence-electron chi connectivity index (χ2n) is 3.92. The molecule has 3 aromatic rings. The Morgan fingerprint density at radius 2 is 2.05 bits per heavy atom. The van der Waals surface area contributed by atoms with Gasteiger partial charge in [0.1, 0.15) is 17.3 Å². The van der Waals surface area contributed by atoms with Gasteiger partial charge in [-0.2, -0.15) is 19.6 Å². The van der Waals surface area contributed by atoms with Crippen LogP contribution in [0.4, 0.5) is 5.82 Å². The molecule has 1 N–H and O–H groups in total. The lowest BCUT2D eigenvalue weighted by Gasteiger charge is -2.08. The van der Waals surface area contributed by atoms with Gasteiger partial charge in [-0.05, 0) is 17.7 Å². The van der Waals surface area contributed by atoms with Crippen LogP contribution in [-0.4, -0.2) is 19.6 Å². The van der Waals surface area contributed by atoms with Crippen LogP contribution in [0.1, 0.15) is 5.56 Å². The molecule has 3 rings (SSSR count). The zero-order valence-corrected chi connectivity index (χ0v) is 12.1. The summed E-state index contributed by atoms with van der Waals surface area (Å²) in [6.45, 7) is 0.669. The first kappa shape index (κ1) is 12.4. The molecule has 0 fully saturated rings. The molecule has 7 heteroatoms. The lowest BCUT2D eigenvalue weighted by Crippen LogP contribution is -2.06. The average molecular weight is 339 g/mol. The van der Waals surface area contributed by atoms with Crippen LogP contribution in [0.25, 0.3) is 5.78 Å². The van der Waals surface area contributed by atoms with E-state index in [4.69, 9.17) is 11.6 Å². The minimum atomic E-state index is 0.388. The maximum atomic E-state index is 5.94. The first-order valence-electron chi connectivity index (χ1n) is 5.57. The van der Waals surface area contributed by atoms with Gasteiger partial charge in [0.2, 0.25) is 0 Å². The van der Waals surface area contributed by atoms with E-state index >= 15 is 0 Å². The van der Waals surface area contributed by atoms with Crippen molar-refractivity contribution in [3.63, 3.8) is 0 Å². The number of hydrogen-bond donors (Lipinski definition) is 1. The summed E-state index contributed by atoms with van der Waals surface area (Å²) in [6.07, 6.45) is 1.45. The van der Waals surface area contributed by atoms with E-state index in [0.29, 0.717) is 17.5 Å². The Hall–Kier alpha value is -1.66. The lowest BCUT2D eigenvalue weighted by molar-refractivity contribution is 0.925. The van der Waals surface area contributed by atoms with Crippen molar-refractivity contribution in [1.29, 1.82) is 0 Å². The minimum Gasteiger partial charge on any atom is -0.366 e. The van der Waals surface area contributed by atoms with Gasteiger partial charge in [0.25, 0.3) is 5.78 Å². The van der Waals surface area contributed by atoms with Gasteiger partial charge in [0.05, 0.1) is 0 Å². The van der Waals surface area contributed by atoms with E-state index in [-0.39, 0.29) is 0 Å². The number of anilines is 1. The molecule has 19 heavy (non-hydrogen) atoms. The predicted octanol–water partition coefficient (Wildman–Crippen LogP) is 3.15. The fourth-order valence-corrected chi connectivity index (χ4v) is 2.15. The molecule has 0 radical (unpaired) electrons. The van der Waals surface area contributed by atoms with E-state index in [1.807, 2.05) is 24.3 Å². The molecule has 0 saturated carbocycles. The molecule has 0 amide bonds. The smallest absolute Gasteiger partial charge is 0.255 e. The standard InChI is InChI=1S/C12H9BrClN5/c13-9-3-1-8(2-4-9)6-15-11-5-10(14)18-12-16-7-17-19(11)12/h1-5,7,15H,6H2. The number of nitrogens with one attached hydrogen (secondary N) is 1. The zero-order chi connectivity index (χ0) is 13.2. The van der Waals surface area contributed by atoms with Crippen molar-refractivity contribution in [3.05, 3.63) is 51.8 Å². The Morgan fingerprint density at radius 3 is 2.84 bits per heavy atom. The molecular weight excluding hydrogens is 330 g/mol. The van der Waals surface area contributed by atoms with Gasteiger partial charge in [0.15, 0.2) is 0 Å². The van der Waals surface area contributed by atoms with Crippen molar-refractivity contribution in [2.45, 2.75) is 6.54 Å². The third-order valence-electron chi connectivity index (χ3n) is 2.61. The largest absolute Gasteiger partial charge is 0.366 e. The molecule has 0 bridgehead atoms. The highest BCUT2D eigenvalue weighted by Gasteiger charge is 2.05. The van der Waals surface area contributed by atoms with Crippen LogP contribution < -0.4 is 5.32 Å². The monoisotopic (exact) mass is 337 g/mol. The fourth-order valence-electron chi connectivity index (χ4n) is 1.70. The van der Waals surface area contributed by atoms with Crippen LogP contribution in [0.3, 0.4) is 0 Å². The number of hydrogen-bond acceptors (Lipinski definition) is 4. The van der Waals surface area contributed by atoms with Crippen molar-refractivity contribution >= 4 is 39.1 Å². The van der Waals surface area contributed by atoms with E-state index in [2.05, 4.69) is 36.3 Å². The highest BCUT2D eigenvalue weighted by atomic mass is 79.9. The summed E-state index contributed by atoms with van der Waals surface area (Å²) < 4.78 is 2.67. The van der Waals surface area contributed by atoms with E-state index < -0.39 is 0 Å². The third-order valence-corrected chi connectivity index (χ3v) is 3.33. The number of nitrogens with zero attached hydrogens (tertiary/aromatic N) is 4. The zero-order valence-electron chi connectivity index (χ0n) is 9.72. The summed E-state index contributed by atoms with van der Waals surface area (Å²) >= 11 is 9.35. The molecule has 1 aromatic carbocycles. The predicted molar refractivity (Wildman–Crippen MR) is 77.3 cm³/mol. The van der Waals surface area contributed by atoms with Gasteiger partial charge < -0.3 is 5.32 Å². The van der Waals surface area contributed by atoms with Gasteiger partial charge in [-0.25, -0.2) is 0 Å². The SMILES string of the molecule is Clc1cc(NCc2ccc(Br)cc2)n2ncnc2n1. The van der Waals surface area contributed by atoms with E-state index in [1.54, 1.807) is 10.6 Å². The second kappa shape index (κ2) is 5.14. The van der Waals surface area contributed by atoms with E-state index in [1.165, 1.54) is 6.33 Å². The molecule has 0 aliphatic rings. The number of fused-ring (bicyclic) bond motifs is 1. The van der Waals surface area contributed by atoms with Crippen LogP contribution in [-0.2, 0) is 6.54 Å². The average Bonchev–Trinajstić information content (AvgIpc) is 2.85. The molecule has 5 nitrogen and oxygen atoms in total. The Bertz CT molecular complexity index is 710. The highest BCUT2D eigenvalue weighted by molar-refractivity contribution is 9.10. The van der Waals surface area contributed by atoms with Crippen LogP contribution in [0.15, 0.2) is 41.1 Å². The summed E-state index contributed by atoms with van der Waals surface area (Å²) in [6, 6.07) is 9.81. The maximum Gasteiger partial charge on any atom is 0.255 e. The fraction of sp³-hybridized carbons (Fsp3) is 0.0833. The van der Waals surface area contributed by atoms with Gasteiger partial charge in [-0.3, -0.25) is 0 Å². The third kappa shape index (κ3) is 2.69. The molecule has 2 heterocycles. The number of aromatic nitrogens is 4. The summed E-state index contributed by atoms with van der Waals surface area (Å²) in [5.41, 5.74) is 1.16. The number of benzene rings is 1. The molecule has 0 atom stereocenters. The summed E-state index contributed by atoms with van der Waals surface area (Å²) in [5.74, 6) is 1.24. The summed E-state index contributed by atoms with van der Waals surface area (Å²) in [5, 5.41) is 7.76. The number of rotatable bonds is 3. The molecule has 96 valence electrons. The highest BCUT2D eigenvalue weighted by Crippen LogP contribution is 2.16. The van der Waals surface area contributed by atoms with Crippen LogP contribution in [0, 0.1) is 0 Å². The quantitative estimate of drug-likeness (QED) is 0.745. The van der Waals surface area contributed by atoms with Gasteiger partial charge >= 0.3 is 0 Å². The van der Waals surface area contributed by atoms with Crippen LogP contribution >= 0.6 is 27.5 Å². The van der Waals surface area contributed by atoms with E-state index in [9.17, 15) is 0 Å². The Balaban J connectivity index is 1.85. The number of halogens is 2. The molecule has 0 unspecified atom stereocenters. The molecule has 0 spiro atoms. The van der Waals surface area contributed by atoms with Gasteiger partial charge in [-0.1, -0.05) is 39.7 Å². The lowest BCUT2D eigenvalue weighted by atomic mass is 10.2. The van der Waals surface area contributed by atoms with Gasteiger partial charge in [0, 0.05) is 17.1 Å². The molecular formula is C12H9BrClN5. The molecule has 0 aliphatic heterocycles. The second-order valence-corrected chi connectivity index (χ2v) is 5.22. The Labute approximate surface area is 122 Å². The topological polar surface area (TPSA) is 55.1 Å². The van der Waals surface area contributed by atoms with Crippen LogP contribution in [0.5, 0.6) is 0 Å². The Morgan fingerprint density at radius 1 is 1.26 bits per heavy atom. The van der Waals surface area contributed by atoms with Gasteiger partial charge in [-0.15, -0.1) is 0 Å². The van der Waals surface area contributed by atoms with Crippen molar-refractivity contribution in [3.8, 4) is 0 Å². The maximum absolute atomic E-state index is 5.94. The first-order chi connectivity index (χ1) is 9.22. The van der Waals surface area contributed by atoms with Crippen LogP contribution in [0.2, 0.25) is 5.15 Å². The summed E-state index contributed by atoms with van der Waals surface area (Å²) in [4.78, 5) is 8.09. The molecule has 0 saturated heterocycles. The van der Waals surface area contributed by atoms with Crippen molar-refractivity contribution in [2.24, 2.45) is 0 Å². The van der Waals surface area contributed by atoms with Crippen molar-refractivity contribution in [2.75, 3.05) is 5.32 Å². The van der Waals surface area contributed by atoms with Crippen molar-refractivity contribution in [1.82, 2.24) is 19.6 Å². The first-order valence-corrected chi connectivity index (χ1v) is 6.74. The normalized spacial score (nSPS) is 10.8. The van der Waals surface area contributed by atoms with Crippen molar-refractivity contribution < 1.29 is 0 Å². The molecule has 0 aliphatic carbocycles. The minimum absolute atomic E-state index is 0.388. The summed E-state index contributed by atoms with van der Waals surface area (Å²) in [7, 11) is 0. The van der Waals surface area contributed by atoms with E-state index in [0.717, 1.165) is 15.9 Å².